The number of rotatable bonds is 7. The number of ketones is 2. The lowest BCUT2D eigenvalue weighted by Crippen LogP contribution is -2.12. The van der Waals surface area contributed by atoms with Crippen molar-refractivity contribution in [2.75, 3.05) is 7.11 Å². The van der Waals surface area contributed by atoms with E-state index in [1.165, 1.54) is 11.3 Å². The number of nitrogens with zero attached hydrogens (tertiary/aromatic N) is 1. The van der Waals surface area contributed by atoms with Gasteiger partial charge >= 0.3 is 0 Å². The summed E-state index contributed by atoms with van der Waals surface area (Å²) in [5.74, 6) is 0.428. The fourth-order valence-corrected chi connectivity index (χ4v) is 3.50. The van der Waals surface area contributed by atoms with E-state index in [4.69, 9.17) is 4.74 Å². The highest BCUT2D eigenvalue weighted by Gasteiger charge is 2.19. The van der Waals surface area contributed by atoms with Crippen LogP contribution in [-0.4, -0.2) is 23.7 Å². The summed E-state index contributed by atoms with van der Waals surface area (Å²) in [7, 11) is 1.54. The molecule has 0 aliphatic rings. The monoisotopic (exact) mass is 365 g/mol. The summed E-state index contributed by atoms with van der Waals surface area (Å²) in [5.41, 5.74) is 2.78. The van der Waals surface area contributed by atoms with E-state index in [9.17, 15) is 9.59 Å². The van der Waals surface area contributed by atoms with Gasteiger partial charge in [-0.25, -0.2) is 4.98 Å². The van der Waals surface area contributed by atoms with Crippen LogP contribution in [0.15, 0.2) is 54.0 Å². The van der Waals surface area contributed by atoms with Gasteiger partial charge in [0, 0.05) is 23.6 Å². The molecule has 1 aromatic heterocycles. The van der Waals surface area contributed by atoms with E-state index >= 15 is 0 Å². The zero-order valence-corrected chi connectivity index (χ0v) is 15.5. The number of hydrogen-bond donors (Lipinski definition) is 0. The van der Waals surface area contributed by atoms with Crippen LogP contribution in [0.5, 0.6) is 5.75 Å². The molecule has 0 saturated heterocycles. The molecular weight excluding hydrogens is 346 g/mol. The van der Waals surface area contributed by atoms with Gasteiger partial charge in [-0.15, -0.1) is 11.3 Å². The molecule has 4 nitrogen and oxygen atoms in total. The number of hydrogen-bond acceptors (Lipinski definition) is 5. The minimum atomic E-state index is -0.139. The van der Waals surface area contributed by atoms with Crippen molar-refractivity contribution in [1.29, 1.82) is 0 Å². The highest BCUT2D eigenvalue weighted by molar-refractivity contribution is 7.09. The molecule has 0 amide bonds. The number of carbonyl (C=O) groups excluding carboxylic acids is 2. The maximum Gasteiger partial charge on any atom is 0.197 e. The van der Waals surface area contributed by atoms with Crippen molar-refractivity contribution in [2.45, 2.75) is 19.8 Å². The topological polar surface area (TPSA) is 56.3 Å². The van der Waals surface area contributed by atoms with Gasteiger partial charge < -0.3 is 4.74 Å². The van der Waals surface area contributed by atoms with Crippen LogP contribution in [0.4, 0.5) is 0 Å². The third-order valence-electron chi connectivity index (χ3n) is 4.08. The van der Waals surface area contributed by atoms with E-state index in [1.807, 2.05) is 30.5 Å². The molecule has 0 radical (unpaired) electrons. The van der Waals surface area contributed by atoms with Gasteiger partial charge in [0.1, 0.15) is 11.5 Å². The SMILES string of the molecule is COc1ccccc1C(=O)c1ccc(C)cc1CC(=O)Cc1nccs1. The van der Waals surface area contributed by atoms with Crippen molar-refractivity contribution in [3.05, 3.63) is 81.3 Å². The highest BCUT2D eigenvalue weighted by atomic mass is 32.1. The smallest absolute Gasteiger partial charge is 0.197 e. The largest absolute Gasteiger partial charge is 0.496 e. The van der Waals surface area contributed by atoms with Crippen molar-refractivity contribution in [3.8, 4) is 5.75 Å². The molecule has 0 atom stereocenters. The van der Waals surface area contributed by atoms with Crippen molar-refractivity contribution in [1.82, 2.24) is 4.98 Å². The maximum atomic E-state index is 13.1. The predicted molar refractivity (Wildman–Crippen MR) is 102 cm³/mol. The standard InChI is InChI=1S/C21H19NO3S/c1-14-7-8-17(21(24)18-5-3-4-6-19(18)25-2)15(11-14)12-16(23)13-20-22-9-10-26-20/h3-11H,12-13H2,1-2H3. The van der Waals surface area contributed by atoms with E-state index in [-0.39, 0.29) is 24.4 Å². The summed E-state index contributed by atoms with van der Waals surface area (Å²) < 4.78 is 5.31. The van der Waals surface area contributed by atoms with Crippen molar-refractivity contribution in [3.63, 3.8) is 0 Å². The van der Waals surface area contributed by atoms with E-state index in [2.05, 4.69) is 4.98 Å². The van der Waals surface area contributed by atoms with Crippen molar-refractivity contribution in [2.24, 2.45) is 0 Å². The Morgan fingerprint density at radius 1 is 1.08 bits per heavy atom. The van der Waals surface area contributed by atoms with Crippen LogP contribution in [0.2, 0.25) is 0 Å². The second-order valence-electron chi connectivity index (χ2n) is 6.01. The number of para-hydroxylation sites is 1. The van der Waals surface area contributed by atoms with Crippen LogP contribution in [0.3, 0.4) is 0 Å². The Morgan fingerprint density at radius 3 is 2.62 bits per heavy atom. The molecule has 1 heterocycles. The quantitative estimate of drug-likeness (QED) is 0.593. The fraction of sp³-hybridized carbons (Fsp3) is 0.190. The fourth-order valence-electron chi connectivity index (χ4n) is 2.85. The summed E-state index contributed by atoms with van der Waals surface area (Å²) in [5, 5.41) is 2.64. The van der Waals surface area contributed by atoms with Crippen molar-refractivity contribution >= 4 is 22.9 Å². The second kappa shape index (κ2) is 8.06. The van der Waals surface area contributed by atoms with Crippen molar-refractivity contribution < 1.29 is 14.3 Å². The first kappa shape index (κ1) is 18.0. The van der Waals surface area contributed by atoms with Crippen LogP contribution in [0.1, 0.15) is 32.1 Å². The van der Waals surface area contributed by atoms with E-state index in [0.717, 1.165) is 16.1 Å². The number of Topliss-reactive ketones (excluding diaryl/α,β-unsaturated/α-hetero) is 1. The van der Waals surface area contributed by atoms with Gasteiger partial charge in [0.2, 0.25) is 0 Å². The van der Waals surface area contributed by atoms with Crippen LogP contribution >= 0.6 is 11.3 Å². The van der Waals surface area contributed by atoms with Gasteiger partial charge in [0.15, 0.2) is 5.78 Å². The third-order valence-corrected chi connectivity index (χ3v) is 4.86. The van der Waals surface area contributed by atoms with Crippen LogP contribution < -0.4 is 4.74 Å². The maximum absolute atomic E-state index is 13.1. The van der Waals surface area contributed by atoms with E-state index < -0.39 is 0 Å². The molecule has 0 aliphatic carbocycles. The number of carbonyl (C=O) groups is 2. The summed E-state index contributed by atoms with van der Waals surface area (Å²) in [6.07, 6.45) is 2.18. The van der Waals surface area contributed by atoms with Gasteiger partial charge in [0.05, 0.1) is 24.1 Å². The molecule has 0 bridgehead atoms. The Bertz CT molecular complexity index is 932. The number of ether oxygens (including phenoxy) is 1. The summed E-state index contributed by atoms with van der Waals surface area (Å²) >= 11 is 1.46. The highest BCUT2D eigenvalue weighted by Crippen LogP contribution is 2.24. The average Bonchev–Trinajstić information content (AvgIpc) is 3.14. The lowest BCUT2D eigenvalue weighted by Gasteiger charge is -2.12. The molecule has 5 heteroatoms. The van der Waals surface area contributed by atoms with E-state index in [0.29, 0.717) is 16.9 Å². The number of methoxy groups -OCH3 is 1. The number of thiazole rings is 1. The van der Waals surface area contributed by atoms with Crippen LogP contribution in [-0.2, 0) is 17.6 Å². The predicted octanol–water partition coefficient (Wildman–Crippen LogP) is 4.05. The molecule has 3 rings (SSSR count). The van der Waals surface area contributed by atoms with Gasteiger partial charge in [-0.05, 0) is 24.6 Å². The van der Waals surface area contributed by atoms with Crippen LogP contribution in [0, 0.1) is 6.92 Å². The molecule has 0 spiro atoms. The lowest BCUT2D eigenvalue weighted by molar-refractivity contribution is -0.117. The Labute approximate surface area is 156 Å². The minimum absolute atomic E-state index is 0.0413. The second-order valence-corrected chi connectivity index (χ2v) is 6.99. The molecular formula is C21H19NO3S. The lowest BCUT2D eigenvalue weighted by atomic mass is 9.93. The zero-order valence-electron chi connectivity index (χ0n) is 14.7. The first-order valence-electron chi connectivity index (χ1n) is 8.26. The molecule has 132 valence electrons. The minimum Gasteiger partial charge on any atom is -0.496 e. The van der Waals surface area contributed by atoms with Gasteiger partial charge in [-0.1, -0.05) is 35.9 Å². The Hall–Kier alpha value is -2.79. The number of aromatic nitrogens is 1. The normalized spacial score (nSPS) is 10.5. The molecule has 3 aromatic rings. The summed E-state index contributed by atoms with van der Waals surface area (Å²) in [6, 6.07) is 12.7. The Balaban J connectivity index is 1.90. The van der Waals surface area contributed by atoms with Gasteiger partial charge in [0.25, 0.3) is 0 Å². The molecule has 2 aromatic carbocycles. The first-order valence-corrected chi connectivity index (χ1v) is 9.13. The average molecular weight is 365 g/mol. The first-order chi connectivity index (χ1) is 12.6. The third kappa shape index (κ3) is 4.06. The Morgan fingerprint density at radius 2 is 1.88 bits per heavy atom. The molecule has 0 saturated carbocycles. The van der Waals surface area contributed by atoms with Gasteiger partial charge in [-0.3, -0.25) is 9.59 Å². The summed E-state index contributed by atoms with van der Waals surface area (Å²) in [6.45, 7) is 1.95. The van der Waals surface area contributed by atoms with Crippen LogP contribution in [0.25, 0.3) is 0 Å². The van der Waals surface area contributed by atoms with Gasteiger partial charge in [-0.2, -0.15) is 0 Å². The molecule has 0 fully saturated rings. The molecule has 0 unspecified atom stereocenters. The molecule has 0 N–H and O–H groups in total. The number of aryl methyl sites for hydroxylation is 1. The number of benzene rings is 2. The Kier molecular flexibility index (Phi) is 5.58. The zero-order chi connectivity index (χ0) is 18.5. The molecule has 0 aliphatic heterocycles. The molecule has 26 heavy (non-hydrogen) atoms. The van der Waals surface area contributed by atoms with E-state index in [1.54, 1.807) is 37.6 Å². The summed E-state index contributed by atoms with van der Waals surface area (Å²) in [4.78, 5) is 29.7.